The van der Waals surface area contributed by atoms with Gasteiger partial charge in [0.25, 0.3) is 0 Å². The van der Waals surface area contributed by atoms with Gasteiger partial charge in [-0.3, -0.25) is 0 Å². The van der Waals surface area contributed by atoms with E-state index < -0.39 is 0 Å². The van der Waals surface area contributed by atoms with Gasteiger partial charge < -0.3 is 19.8 Å². The summed E-state index contributed by atoms with van der Waals surface area (Å²) in [5, 5.41) is 18.6. The highest BCUT2D eigenvalue weighted by Gasteiger charge is 2.09. The maximum Gasteiger partial charge on any atom is 0.129 e. The fourth-order valence-electron chi connectivity index (χ4n) is 1.42. The third kappa shape index (κ3) is 4.12. The number of ether oxygens (including phenoxy) is 1. The van der Waals surface area contributed by atoms with E-state index in [1.165, 1.54) is 6.20 Å². The van der Waals surface area contributed by atoms with Crippen molar-refractivity contribution in [2.75, 3.05) is 38.3 Å². The van der Waals surface area contributed by atoms with Gasteiger partial charge in [0.2, 0.25) is 0 Å². The van der Waals surface area contributed by atoms with Crippen LogP contribution in [-0.2, 0) is 11.3 Å². The number of anilines is 1. The van der Waals surface area contributed by atoms with Crippen LogP contribution in [0.3, 0.4) is 0 Å². The molecule has 0 unspecified atom stereocenters. The fraction of sp³-hybridized carbons (Fsp3) is 0.545. The highest BCUT2D eigenvalue weighted by atomic mass is 35.5. The Morgan fingerprint density at radius 2 is 2.18 bits per heavy atom. The van der Waals surface area contributed by atoms with Gasteiger partial charge in [0.1, 0.15) is 5.82 Å². The number of aromatic nitrogens is 1. The lowest BCUT2D eigenvalue weighted by Crippen LogP contribution is -2.31. The van der Waals surface area contributed by atoms with Crippen LogP contribution in [0.15, 0.2) is 12.3 Å². The van der Waals surface area contributed by atoms with Crippen LogP contribution in [0.2, 0.25) is 5.02 Å². The zero-order chi connectivity index (χ0) is 12.7. The van der Waals surface area contributed by atoms with E-state index >= 15 is 0 Å². The summed E-state index contributed by atoms with van der Waals surface area (Å²) in [7, 11) is 1.62. The first-order chi connectivity index (χ1) is 8.22. The summed E-state index contributed by atoms with van der Waals surface area (Å²) in [6.07, 6.45) is 1.50. The molecule has 1 aromatic rings. The van der Waals surface area contributed by atoms with Crippen molar-refractivity contribution in [3.05, 3.63) is 22.8 Å². The molecule has 0 aliphatic heterocycles. The van der Waals surface area contributed by atoms with Crippen molar-refractivity contribution in [3.63, 3.8) is 0 Å². The molecule has 0 saturated carbocycles. The Morgan fingerprint density at radius 3 is 2.76 bits per heavy atom. The van der Waals surface area contributed by atoms with E-state index in [1.54, 1.807) is 13.2 Å². The van der Waals surface area contributed by atoms with Crippen molar-refractivity contribution in [2.24, 2.45) is 0 Å². The topological polar surface area (TPSA) is 65.8 Å². The van der Waals surface area contributed by atoms with Crippen LogP contribution in [-0.4, -0.2) is 48.6 Å². The molecule has 0 spiro atoms. The van der Waals surface area contributed by atoms with E-state index in [0.717, 1.165) is 0 Å². The Bertz CT molecular complexity index is 349. The lowest BCUT2D eigenvalue weighted by Gasteiger charge is -2.22. The van der Waals surface area contributed by atoms with Crippen LogP contribution in [0.4, 0.5) is 5.82 Å². The first kappa shape index (κ1) is 14.2. The number of aliphatic hydroxyl groups is 2. The molecule has 1 heterocycles. The molecule has 96 valence electrons. The van der Waals surface area contributed by atoms with Crippen LogP contribution in [0.5, 0.6) is 0 Å². The number of nitrogens with zero attached hydrogens (tertiary/aromatic N) is 2. The first-order valence-electron chi connectivity index (χ1n) is 5.33. The van der Waals surface area contributed by atoms with Crippen LogP contribution in [0, 0.1) is 0 Å². The van der Waals surface area contributed by atoms with Gasteiger partial charge in [-0.1, -0.05) is 11.6 Å². The molecule has 0 aliphatic rings. The zero-order valence-corrected chi connectivity index (χ0v) is 10.5. The van der Waals surface area contributed by atoms with Crippen LogP contribution in [0.1, 0.15) is 5.56 Å². The van der Waals surface area contributed by atoms with E-state index in [0.29, 0.717) is 36.1 Å². The van der Waals surface area contributed by atoms with Crippen LogP contribution in [0.25, 0.3) is 0 Å². The van der Waals surface area contributed by atoms with Crippen molar-refractivity contribution in [1.29, 1.82) is 0 Å². The molecule has 0 aliphatic carbocycles. The van der Waals surface area contributed by atoms with Gasteiger partial charge in [-0.05, 0) is 6.07 Å². The van der Waals surface area contributed by atoms with Crippen LogP contribution >= 0.6 is 11.6 Å². The monoisotopic (exact) mass is 260 g/mol. The summed E-state index contributed by atoms with van der Waals surface area (Å²) in [5.74, 6) is 0.671. The highest BCUT2D eigenvalue weighted by molar-refractivity contribution is 6.31. The average Bonchev–Trinajstić information content (AvgIpc) is 2.35. The Balaban J connectivity index is 2.85. The molecule has 5 nitrogen and oxygen atoms in total. The maximum atomic E-state index is 9.13. The molecule has 1 aromatic heterocycles. The second kappa shape index (κ2) is 7.45. The first-order valence-corrected chi connectivity index (χ1v) is 5.70. The van der Waals surface area contributed by atoms with E-state index in [9.17, 15) is 0 Å². The molecule has 0 bridgehead atoms. The van der Waals surface area contributed by atoms with Crippen molar-refractivity contribution >= 4 is 17.4 Å². The van der Waals surface area contributed by atoms with E-state index in [1.807, 2.05) is 4.90 Å². The van der Waals surface area contributed by atoms with E-state index in [4.69, 9.17) is 26.6 Å². The minimum atomic E-state index is -0.133. The minimum Gasteiger partial charge on any atom is -0.395 e. The summed E-state index contributed by atoms with van der Waals surface area (Å²) in [4.78, 5) is 6.05. The second-order valence-corrected chi connectivity index (χ2v) is 3.90. The Hall–Kier alpha value is -0.880. The summed E-state index contributed by atoms with van der Waals surface area (Å²) in [5.41, 5.74) is 0.622. The van der Waals surface area contributed by atoms with Crippen molar-refractivity contribution in [3.8, 4) is 0 Å². The molecule has 6 heteroatoms. The number of halogens is 1. The van der Waals surface area contributed by atoms with Gasteiger partial charge in [-0.15, -0.1) is 0 Å². The highest BCUT2D eigenvalue weighted by Crippen LogP contribution is 2.20. The quantitative estimate of drug-likeness (QED) is 0.755. The van der Waals surface area contributed by atoms with Crippen LogP contribution < -0.4 is 4.90 Å². The number of pyridine rings is 1. The average molecular weight is 261 g/mol. The Kier molecular flexibility index (Phi) is 6.21. The molecule has 2 N–H and O–H groups in total. The van der Waals surface area contributed by atoms with Gasteiger partial charge in [0.05, 0.1) is 24.8 Å². The lowest BCUT2D eigenvalue weighted by atomic mass is 10.2. The SMILES string of the molecule is COCCN(CCO)c1cc(CO)c(Cl)cn1. The largest absolute Gasteiger partial charge is 0.395 e. The molecular weight excluding hydrogens is 244 g/mol. The molecule has 0 amide bonds. The fourth-order valence-corrected chi connectivity index (χ4v) is 1.59. The van der Waals surface area contributed by atoms with Gasteiger partial charge in [-0.2, -0.15) is 0 Å². The number of hydrogen-bond donors (Lipinski definition) is 2. The second-order valence-electron chi connectivity index (χ2n) is 3.50. The molecule has 0 aromatic carbocycles. The molecule has 1 rings (SSSR count). The molecule has 0 fully saturated rings. The predicted molar refractivity (Wildman–Crippen MR) is 66.3 cm³/mol. The smallest absolute Gasteiger partial charge is 0.129 e. The molecule has 0 atom stereocenters. The molecular formula is C11H17ClN2O3. The standard InChI is InChI=1S/C11H17ClN2O3/c1-17-5-3-14(2-4-15)11-6-9(8-16)10(12)7-13-11/h6-7,15-16H,2-5,8H2,1H3. The zero-order valence-electron chi connectivity index (χ0n) is 9.77. The third-order valence-corrected chi connectivity index (χ3v) is 2.69. The molecule has 0 saturated heterocycles. The van der Waals surface area contributed by atoms with Crippen molar-refractivity contribution in [2.45, 2.75) is 6.61 Å². The van der Waals surface area contributed by atoms with Gasteiger partial charge in [-0.25, -0.2) is 4.98 Å². The van der Waals surface area contributed by atoms with Gasteiger partial charge in [0, 0.05) is 32.0 Å². The third-order valence-electron chi connectivity index (χ3n) is 2.35. The van der Waals surface area contributed by atoms with Gasteiger partial charge in [0.15, 0.2) is 0 Å². The summed E-state index contributed by atoms with van der Waals surface area (Å²) in [6.45, 7) is 1.52. The summed E-state index contributed by atoms with van der Waals surface area (Å²) >= 11 is 5.87. The number of rotatable bonds is 7. The summed E-state index contributed by atoms with van der Waals surface area (Å²) < 4.78 is 4.99. The minimum absolute atomic E-state index is 0.0302. The molecule has 17 heavy (non-hydrogen) atoms. The Morgan fingerprint density at radius 1 is 1.41 bits per heavy atom. The van der Waals surface area contributed by atoms with Crippen molar-refractivity contribution < 1.29 is 14.9 Å². The van der Waals surface area contributed by atoms with Gasteiger partial charge >= 0.3 is 0 Å². The van der Waals surface area contributed by atoms with E-state index in [2.05, 4.69) is 4.98 Å². The predicted octanol–water partition coefficient (Wildman–Crippen LogP) is 0.672. The number of hydrogen-bond acceptors (Lipinski definition) is 5. The number of methoxy groups -OCH3 is 1. The summed E-state index contributed by atoms with van der Waals surface area (Å²) in [6, 6.07) is 1.72. The normalized spacial score (nSPS) is 10.6. The lowest BCUT2D eigenvalue weighted by molar-refractivity contribution is 0.202. The number of aliphatic hydroxyl groups excluding tert-OH is 2. The van der Waals surface area contributed by atoms with E-state index in [-0.39, 0.29) is 13.2 Å². The maximum absolute atomic E-state index is 9.13. The Labute approximate surface area is 106 Å². The molecule has 0 radical (unpaired) electrons. The van der Waals surface area contributed by atoms with Crippen molar-refractivity contribution in [1.82, 2.24) is 4.98 Å².